The molecule has 0 aliphatic carbocycles. The third-order valence-electron chi connectivity index (χ3n) is 4.62. The Bertz CT molecular complexity index is 994. The van der Waals surface area contributed by atoms with Gasteiger partial charge in [-0.05, 0) is 43.2 Å². The molecule has 7 heteroatoms. The summed E-state index contributed by atoms with van der Waals surface area (Å²) < 4.78 is 1.42. The van der Waals surface area contributed by atoms with E-state index in [-0.39, 0.29) is 17.5 Å². The zero-order valence-electron chi connectivity index (χ0n) is 13.5. The fourth-order valence-electron chi connectivity index (χ4n) is 3.39. The highest BCUT2D eigenvalue weighted by molar-refractivity contribution is 6.31. The van der Waals surface area contributed by atoms with Crippen LogP contribution in [0, 0.1) is 0 Å². The summed E-state index contributed by atoms with van der Waals surface area (Å²) >= 11 is 6.01. The van der Waals surface area contributed by atoms with Crippen LogP contribution >= 0.6 is 11.6 Å². The van der Waals surface area contributed by atoms with Crippen molar-refractivity contribution in [3.05, 3.63) is 63.7 Å². The predicted molar refractivity (Wildman–Crippen MR) is 95.9 cm³/mol. The van der Waals surface area contributed by atoms with Crippen LogP contribution in [-0.2, 0) is 6.54 Å². The topological polar surface area (TPSA) is 71.0 Å². The molecule has 128 valence electrons. The number of hydrogen-bond acceptors (Lipinski definition) is 3. The van der Waals surface area contributed by atoms with Crippen molar-refractivity contribution >= 4 is 28.4 Å². The van der Waals surface area contributed by atoms with Gasteiger partial charge in [-0.2, -0.15) is 5.10 Å². The van der Waals surface area contributed by atoms with Gasteiger partial charge in [0.05, 0.1) is 12.6 Å². The number of benzene rings is 1. The van der Waals surface area contributed by atoms with Crippen LogP contribution in [0.15, 0.2) is 47.4 Å². The number of nitrogens with one attached hydrogen (secondary N) is 1. The van der Waals surface area contributed by atoms with Crippen molar-refractivity contribution in [2.45, 2.75) is 25.4 Å². The summed E-state index contributed by atoms with van der Waals surface area (Å²) in [6, 6.07) is 10.4. The molecule has 4 rings (SSSR count). The van der Waals surface area contributed by atoms with Crippen molar-refractivity contribution in [3.63, 3.8) is 0 Å². The fourth-order valence-corrected chi connectivity index (χ4v) is 3.57. The highest BCUT2D eigenvalue weighted by atomic mass is 35.5. The third-order valence-corrected chi connectivity index (χ3v) is 4.86. The molecular formula is C18H17ClN4O2. The van der Waals surface area contributed by atoms with E-state index in [1.54, 1.807) is 18.3 Å². The number of H-pyrrole nitrogens is 1. The first-order valence-corrected chi connectivity index (χ1v) is 8.61. The van der Waals surface area contributed by atoms with E-state index in [1.807, 2.05) is 23.1 Å². The Hall–Kier alpha value is -2.60. The number of likely N-dealkylation sites (tertiary alicyclic amines) is 1. The largest absolute Gasteiger partial charge is 0.351 e. The number of aromatic nitrogens is 3. The van der Waals surface area contributed by atoms with Crippen molar-refractivity contribution in [1.82, 2.24) is 19.7 Å². The molecule has 25 heavy (non-hydrogen) atoms. The molecule has 2 aromatic heterocycles. The van der Waals surface area contributed by atoms with Crippen LogP contribution in [-0.4, -0.2) is 38.2 Å². The number of aromatic amines is 1. The normalized spacial score (nSPS) is 17.3. The van der Waals surface area contributed by atoms with Crippen molar-refractivity contribution in [3.8, 4) is 0 Å². The van der Waals surface area contributed by atoms with E-state index < -0.39 is 0 Å². The molecule has 1 aromatic carbocycles. The quantitative estimate of drug-likeness (QED) is 0.784. The van der Waals surface area contributed by atoms with Gasteiger partial charge in [-0.15, -0.1) is 0 Å². The number of nitrogens with zero attached hydrogens (tertiary/aromatic N) is 3. The predicted octanol–water partition coefficient (Wildman–Crippen LogP) is 2.68. The molecule has 1 aliphatic heterocycles. The van der Waals surface area contributed by atoms with E-state index in [0.29, 0.717) is 23.8 Å². The number of carbonyl (C=O) groups is 1. The summed E-state index contributed by atoms with van der Waals surface area (Å²) in [4.78, 5) is 29.8. The molecule has 3 aromatic rings. The van der Waals surface area contributed by atoms with Crippen LogP contribution in [0.1, 0.15) is 23.3 Å². The Labute approximate surface area is 149 Å². The number of amides is 1. The molecule has 1 unspecified atom stereocenters. The van der Waals surface area contributed by atoms with Gasteiger partial charge in [0.2, 0.25) is 0 Å². The van der Waals surface area contributed by atoms with Crippen LogP contribution in [0.4, 0.5) is 0 Å². The Balaban J connectivity index is 1.59. The van der Waals surface area contributed by atoms with E-state index >= 15 is 0 Å². The lowest BCUT2D eigenvalue weighted by molar-refractivity contribution is 0.0715. The molecule has 0 spiro atoms. The van der Waals surface area contributed by atoms with Crippen molar-refractivity contribution in [2.24, 2.45) is 0 Å². The van der Waals surface area contributed by atoms with Crippen molar-refractivity contribution in [1.29, 1.82) is 0 Å². The number of carbonyl (C=O) groups excluding carboxylic acids is 1. The first-order valence-electron chi connectivity index (χ1n) is 8.23. The molecule has 1 N–H and O–H groups in total. The van der Waals surface area contributed by atoms with Gasteiger partial charge in [-0.3, -0.25) is 9.59 Å². The second kappa shape index (κ2) is 6.37. The standard InChI is InChI=1S/C18H17ClN4O2/c19-13-5-6-15-12(9-13)10-16(21-15)18(25)22-8-2-3-14(22)11-23-17(24)4-1-7-20-23/h1,4-7,9-10,14,21H,2-3,8,11H2. The monoisotopic (exact) mass is 356 g/mol. The van der Waals surface area contributed by atoms with Crippen LogP contribution in [0.2, 0.25) is 5.02 Å². The average molecular weight is 357 g/mol. The summed E-state index contributed by atoms with van der Waals surface area (Å²) in [6.45, 7) is 1.10. The molecule has 1 atom stereocenters. The SMILES string of the molecule is O=C(c1cc2cc(Cl)ccc2[nH]1)N1CCCC1Cn1ncccc1=O. The van der Waals surface area contributed by atoms with Crippen LogP contribution in [0.3, 0.4) is 0 Å². The Morgan fingerprint density at radius 2 is 2.20 bits per heavy atom. The van der Waals surface area contributed by atoms with Crippen LogP contribution in [0.25, 0.3) is 10.9 Å². The van der Waals surface area contributed by atoms with Gasteiger partial charge in [0.15, 0.2) is 0 Å². The summed E-state index contributed by atoms with van der Waals surface area (Å²) in [5, 5.41) is 5.64. The van der Waals surface area contributed by atoms with E-state index in [1.165, 1.54) is 10.7 Å². The molecule has 0 bridgehead atoms. The van der Waals surface area contributed by atoms with Gasteiger partial charge in [0.25, 0.3) is 11.5 Å². The fraction of sp³-hybridized carbons (Fsp3) is 0.278. The lowest BCUT2D eigenvalue weighted by atomic mass is 10.2. The lowest BCUT2D eigenvalue weighted by Gasteiger charge is -2.24. The molecule has 1 aliphatic rings. The van der Waals surface area contributed by atoms with E-state index in [2.05, 4.69) is 10.1 Å². The Morgan fingerprint density at radius 1 is 1.32 bits per heavy atom. The molecule has 6 nitrogen and oxygen atoms in total. The van der Waals surface area contributed by atoms with Gasteiger partial charge in [-0.1, -0.05) is 11.6 Å². The second-order valence-electron chi connectivity index (χ2n) is 6.25. The zero-order chi connectivity index (χ0) is 17.4. The minimum Gasteiger partial charge on any atom is -0.351 e. The number of fused-ring (bicyclic) bond motifs is 1. The number of hydrogen-bond donors (Lipinski definition) is 1. The molecule has 0 saturated carbocycles. The molecule has 0 radical (unpaired) electrons. The molecule has 3 heterocycles. The Morgan fingerprint density at radius 3 is 3.04 bits per heavy atom. The molecule has 1 amide bonds. The van der Waals surface area contributed by atoms with E-state index in [9.17, 15) is 9.59 Å². The summed E-state index contributed by atoms with van der Waals surface area (Å²) in [5.41, 5.74) is 1.27. The summed E-state index contributed by atoms with van der Waals surface area (Å²) in [6.07, 6.45) is 3.37. The zero-order valence-corrected chi connectivity index (χ0v) is 14.2. The molecule has 1 fully saturated rings. The number of halogens is 1. The first-order chi connectivity index (χ1) is 12.1. The lowest BCUT2D eigenvalue weighted by Crippen LogP contribution is -2.40. The van der Waals surface area contributed by atoms with E-state index in [0.717, 1.165) is 23.7 Å². The highest BCUT2D eigenvalue weighted by Gasteiger charge is 2.30. The molecular weight excluding hydrogens is 340 g/mol. The number of rotatable bonds is 3. The minimum absolute atomic E-state index is 0.0323. The van der Waals surface area contributed by atoms with Gasteiger partial charge < -0.3 is 9.88 Å². The van der Waals surface area contributed by atoms with Crippen molar-refractivity contribution in [2.75, 3.05) is 6.54 Å². The van der Waals surface area contributed by atoms with E-state index in [4.69, 9.17) is 11.6 Å². The highest BCUT2D eigenvalue weighted by Crippen LogP contribution is 2.24. The molecule has 1 saturated heterocycles. The third kappa shape index (κ3) is 3.05. The second-order valence-corrected chi connectivity index (χ2v) is 6.69. The van der Waals surface area contributed by atoms with Crippen molar-refractivity contribution < 1.29 is 4.79 Å². The Kier molecular flexibility index (Phi) is 4.05. The van der Waals surface area contributed by atoms with Gasteiger partial charge in [-0.25, -0.2) is 4.68 Å². The maximum atomic E-state index is 12.9. The average Bonchev–Trinajstić information content (AvgIpc) is 3.22. The smallest absolute Gasteiger partial charge is 0.270 e. The summed E-state index contributed by atoms with van der Waals surface area (Å²) in [7, 11) is 0. The van der Waals surface area contributed by atoms with Crippen LogP contribution in [0.5, 0.6) is 0 Å². The maximum absolute atomic E-state index is 12.9. The van der Waals surface area contributed by atoms with Crippen LogP contribution < -0.4 is 5.56 Å². The first kappa shape index (κ1) is 15.9. The van der Waals surface area contributed by atoms with Gasteiger partial charge in [0.1, 0.15) is 5.69 Å². The van der Waals surface area contributed by atoms with Gasteiger partial charge in [0, 0.05) is 34.7 Å². The minimum atomic E-state index is -0.151. The maximum Gasteiger partial charge on any atom is 0.270 e. The summed E-state index contributed by atoms with van der Waals surface area (Å²) in [5.74, 6) is -0.0567. The van der Waals surface area contributed by atoms with Gasteiger partial charge >= 0.3 is 0 Å².